The van der Waals surface area contributed by atoms with Crippen LogP contribution in [0.1, 0.15) is 10.5 Å². The Labute approximate surface area is 106 Å². The van der Waals surface area contributed by atoms with Gasteiger partial charge in [-0.1, -0.05) is 18.2 Å². The molecule has 3 rings (SSSR count). The second kappa shape index (κ2) is 4.23. The molecule has 0 saturated carbocycles. The number of rotatable bonds is 3. The fourth-order valence-corrected chi connectivity index (χ4v) is 2.37. The summed E-state index contributed by atoms with van der Waals surface area (Å²) in [6, 6.07) is 9.83. The molecule has 0 bridgehead atoms. The van der Waals surface area contributed by atoms with E-state index >= 15 is 0 Å². The molecule has 0 aliphatic rings. The highest BCUT2D eigenvalue weighted by Gasteiger charge is 2.12. The molecule has 0 saturated heterocycles. The first-order chi connectivity index (χ1) is 8.72. The average Bonchev–Trinajstić information content (AvgIpc) is 2.94. The van der Waals surface area contributed by atoms with Gasteiger partial charge in [-0.15, -0.1) is 0 Å². The van der Waals surface area contributed by atoms with Crippen molar-refractivity contribution in [2.24, 2.45) is 0 Å². The molecule has 6 heteroatoms. The van der Waals surface area contributed by atoms with E-state index in [1.807, 2.05) is 30.3 Å². The zero-order chi connectivity index (χ0) is 12.5. The van der Waals surface area contributed by atoms with Gasteiger partial charge in [0.25, 0.3) is 5.22 Å². The summed E-state index contributed by atoms with van der Waals surface area (Å²) < 4.78 is 5.08. The smallest absolute Gasteiger partial charge is 0.357 e. The van der Waals surface area contributed by atoms with Gasteiger partial charge in [-0.05, 0) is 23.9 Å². The van der Waals surface area contributed by atoms with Gasteiger partial charge in [-0.25, -0.2) is 4.79 Å². The number of hydrogen-bond acceptors (Lipinski definition) is 4. The standard InChI is InChI=1S/C12H8N2O3S/c15-11(16)9-6-17-12(14-9)18-10-5-7-3-1-2-4-8(7)13-10/h1-6,13H,(H,15,16). The molecule has 0 aliphatic carbocycles. The molecule has 0 unspecified atom stereocenters. The first-order valence-electron chi connectivity index (χ1n) is 5.17. The fraction of sp³-hybridized carbons (Fsp3) is 0. The Morgan fingerprint density at radius 3 is 2.94 bits per heavy atom. The molecular weight excluding hydrogens is 252 g/mol. The number of fused-ring (bicyclic) bond motifs is 1. The molecule has 5 nitrogen and oxygen atoms in total. The maximum atomic E-state index is 10.7. The number of H-pyrrole nitrogens is 1. The maximum absolute atomic E-state index is 10.7. The molecular formula is C12H8N2O3S. The number of hydrogen-bond donors (Lipinski definition) is 2. The monoisotopic (exact) mass is 260 g/mol. The zero-order valence-corrected chi connectivity index (χ0v) is 9.90. The van der Waals surface area contributed by atoms with Crippen LogP contribution in [0.2, 0.25) is 0 Å². The Kier molecular flexibility index (Phi) is 2.56. The minimum absolute atomic E-state index is 0.0892. The van der Waals surface area contributed by atoms with Crippen LogP contribution in [0.3, 0.4) is 0 Å². The van der Waals surface area contributed by atoms with E-state index in [1.165, 1.54) is 11.8 Å². The van der Waals surface area contributed by atoms with Crippen molar-refractivity contribution in [2.75, 3.05) is 0 Å². The molecule has 2 N–H and O–H groups in total. The largest absolute Gasteiger partial charge is 0.476 e. The highest BCUT2D eigenvalue weighted by molar-refractivity contribution is 7.99. The van der Waals surface area contributed by atoms with E-state index in [2.05, 4.69) is 9.97 Å². The summed E-state index contributed by atoms with van der Waals surface area (Å²) in [5.41, 5.74) is 0.929. The van der Waals surface area contributed by atoms with Crippen LogP contribution < -0.4 is 0 Å². The number of oxazole rings is 1. The molecule has 0 radical (unpaired) electrons. The summed E-state index contributed by atoms with van der Waals surface area (Å²) >= 11 is 1.25. The second-order valence-electron chi connectivity index (χ2n) is 3.63. The van der Waals surface area contributed by atoms with E-state index in [9.17, 15) is 4.79 Å². The number of nitrogens with one attached hydrogen (secondary N) is 1. The Morgan fingerprint density at radius 1 is 1.39 bits per heavy atom. The lowest BCUT2D eigenvalue weighted by Gasteiger charge is -1.89. The Balaban J connectivity index is 1.88. The molecule has 1 aromatic carbocycles. The zero-order valence-electron chi connectivity index (χ0n) is 9.08. The normalized spacial score (nSPS) is 10.9. The Morgan fingerprint density at radius 2 is 2.22 bits per heavy atom. The van der Waals surface area contributed by atoms with Gasteiger partial charge in [-0.2, -0.15) is 4.98 Å². The summed E-state index contributed by atoms with van der Waals surface area (Å²) in [4.78, 5) is 17.7. The first kappa shape index (κ1) is 10.9. The first-order valence-corrected chi connectivity index (χ1v) is 5.98. The van der Waals surface area contributed by atoms with Gasteiger partial charge in [0.1, 0.15) is 6.26 Å². The molecule has 0 spiro atoms. The van der Waals surface area contributed by atoms with Gasteiger partial charge < -0.3 is 14.5 Å². The number of carbonyl (C=O) groups is 1. The van der Waals surface area contributed by atoms with Gasteiger partial charge >= 0.3 is 5.97 Å². The van der Waals surface area contributed by atoms with Crippen LogP contribution >= 0.6 is 11.8 Å². The third-order valence-electron chi connectivity index (χ3n) is 2.40. The molecule has 2 heterocycles. The molecule has 0 fully saturated rings. The number of benzene rings is 1. The fourth-order valence-electron chi connectivity index (χ4n) is 1.60. The molecule has 3 aromatic rings. The maximum Gasteiger partial charge on any atom is 0.357 e. The lowest BCUT2D eigenvalue weighted by molar-refractivity contribution is 0.0690. The molecule has 0 atom stereocenters. The van der Waals surface area contributed by atoms with E-state index in [-0.39, 0.29) is 5.69 Å². The van der Waals surface area contributed by atoms with E-state index < -0.39 is 5.97 Å². The molecule has 18 heavy (non-hydrogen) atoms. The van der Waals surface area contributed by atoms with Crippen molar-refractivity contribution in [3.05, 3.63) is 42.3 Å². The quantitative estimate of drug-likeness (QED) is 0.756. The topological polar surface area (TPSA) is 79.1 Å². The predicted molar refractivity (Wildman–Crippen MR) is 65.9 cm³/mol. The average molecular weight is 260 g/mol. The van der Waals surface area contributed by atoms with Crippen molar-refractivity contribution in [3.8, 4) is 0 Å². The van der Waals surface area contributed by atoms with Gasteiger partial charge in [0, 0.05) is 10.9 Å². The molecule has 0 amide bonds. The lowest BCUT2D eigenvalue weighted by Crippen LogP contribution is -1.95. The van der Waals surface area contributed by atoms with Crippen molar-refractivity contribution in [1.29, 1.82) is 0 Å². The van der Waals surface area contributed by atoms with E-state index in [4.69, 9.17) is 9.52 Å². The summed E-state index contributed by atoms with van der Waals surface area (Å²) in [5.74, 6) is -1.10. The van der Waals surface area contributed by atoms with Crippen LogP contribution in [0.25, 0.3) is 10.9 Å². The molecule has 0 aliphatic heterocycles. The van der Waals surface area contributed by atoms with E-state index in [0.29, 0.717) is 5.22 Å². The summed E-state index contributed by atoms with van der Waals surface area (Å²) in [7, 11) is 0. The van der Waals surface area contributed by atoms with Crippen LogP contribution in [-0.4, -0.2) is 21.0 Å². The number of aromatic amines is 1. The third kappa shape index (κ3) is 1.98. The van der Waals surface area contributed by atoms with Crippen LogP contribution in [-0.2, 0) is 0 Å². The number of nitrogens with zero attached hydrogens (tertiary/aromatic N) is 1. The van der Waals surface area contributed by atoms with Gasteiger partial charge in [0.2, 0.25) is 0 Å². The predicted octanol–water partition coefficient (Wildman–Crippen LogP) is 3.01. The third-order valence-corrected chi connectivity index (χ3v) is 3.21. The molecule has 90 valence electrons. The van der Waals surface area contributed by atoms with Crippen molar-refractivity contribution >= 4 is 28.6 Å². The van der Waals surface area contributed by atoms with Crippen molar-refractivity contribution < 1.29 is 14.3 Å². The van der Waals surface area contributed by atoms with Crippen molar-refractivity contribution in [2.45, 2.75) is 10.2 Å². The SMILES string of the molecule is O=C(O)c1coc(Sc2cc3ccccc3[nH]2)n1. The number of aromatic nitrogens is 2. The Hall–Kier alpha value is -2.21. The van der Waals surface area contributed by atoms with Crippen LogP contribution in [0, 0.1) is 0 Å². The number of carboxylic acid groups (broad SMARTS) is 1. The minimum atomic E-state index is -1.10. The van der Waals surface area contributed by atoms with Crippen molar-refractivity contribution in [3.63, 3.8) is 0 Å². The molecule has 2 aromatic heterocycles. The summed E-state index contributed by atoms with van der Waals surface area (Å²) in [5, 5.41) is 11.0. The van der Waals surface area contributed by atoms with Gasteiger partial charge in [0.15, 0.2) is 5.69 Å². The van der Waals surface area contributed by atoms with Crippen LogP contribution in [0.4, 0.5) is 0 Å². The number of aromatic carboxylic acids is 1. The number of carboxylic acids is 1. The van der Waals surface area contributed by atoms with Gasteiger partial charge in [0.05, 0.1) is 5.03 Å². The number of para-hydroxylation sites is 1. The highest BCUT2D eigenvalue weighted by atomic mass is 32.2. The summed E-state index contributed by atoms with van der Waals surface area (Å²) in [6.07, 6.45) is 1.13. The van der Waals surface area contributed by atoms with Gasteiger partial charge in [-0.3, -0.25) is 0 Å². The van der Waals surface area contributed by atoms with E-state index in [0.717, 1.165) is 22.2 Å². The highest BCUT2D eigenvalue weighted by Crippen LogP contribution is 2.29. The lowest BCUT2D eigenvalue weighted by atomic mass is 10.3. The van der Waals surface area contributed by atoms with Crippen LogP contribution in [0.15, 0.2) is 51.3 Å². The van der Waals surface area contributed by atoms with E-state index in [1.54, 1.807) is 0 Å². The van der Waals surface area contributed by atoms with Crippen molar-refractivity contribution in [1.82, 2.24) is 9.97 Å². The van der Waals surface area contributed by atoms with Crippen LogP contribution in [0.5, 0.6) is 0 Å². The Bertz CT molecular complexity index is 684. The summed E-state index contributed by atoms with van der Waals surface area (Å²) in [6.45, 7) is 0. The minimum Gasteiger partial charge on any atom is -0.476 e. The second-order valence-corrected chi connectivity index (χ2v) is 4.62.